The van der Waals surface area contributed by atoms with Crippen LogP contribution in [0.25, 0.3) is 0 Å². The Bertz CT molecular complexity index is 345. The van der Waals surface area contributed by atoms with E-state index in [1.165, 1.54) is 25.1 Å². The number of imidazole rings is 1. The summed E-state index contributed by atoms with van der Waals surface area (Å²) in [6, 6.07) is 0.513. The Balaban J connectivity index is 2.24. The topological polar surface area (TPSA) is 33.1 Å². The van der Waals surface area contributed by atoms with Crippen molar-refractivity contribution in [2.45, 2.75) is 32.4 Å². The average molecular weight is 236 g/mol. The van der Waals surface area contributed by atoms with Gasteiger partial charge >= 0.3 is 0 Å². The zero-order valence-electron chi connectivity index (χ0n) is 11.2. The van der Waals surface area contributed by atoms with E-state index in [2.05, 4.69) is 33.7 Å². The fourth-order valence-electron chi connectivity index (χ4n) is 3.04. The lowest BCUT2D eigenvalue weighted by Gasteiger charge is -2.39. The lowest BCUT2D eigenvalue weighted by atomic mass is 9.87. The van der Waals surface area contributed by atoms with E-state index in [0.29, 0.717) is 12.0 Å². The Kier molecular flexibility index (Phi) is 4.18. The maximum Gasteiger partial charge on any atom is 0.0948 e. The molecule has 4 heteroatoms. The molecular weight excluding hydrogens is 212 g/mol. The van der Waals surface area contributed by atoms with Gasteiger partial charge in [0.1, 0.15) is 0 Å². The van der Waals surface area contributed by atoms with Crippen molar-refractivity contribution in [3.63, 3.8) is 0 Å². The quantitative estimate of drug-likeness (QED) is 0.860. The first-order valence-electron chi connectivity index (χ1n) is 6.62. The summed E-state index contributed by atoms with van der Waals surface area (Å²) in [5, 5.41) is 3.33. The molecule has 0 aliphatic carbocycles. The van der Waals surface area contributed by atoms with Gasteiger partial charge in [0.05, 0.1) is 18.1 Å². The van der Waals surface area contributed by atoms with Crippen LogP contribution in [-0.4, -0.2) is 41.6 Å². The molecule has 1 fully saturated rings. The van der Waals surface area contributed by atoms with E-state index in [4.69, 9.17) is 0 Å². The van der Waals surface area contributed by atoms with Gasteiger partial charge in [0, 0.05) is 12.7 Å². The first kappa shape index (κ1) is 12.6. The minimum atomic E-state index is 0.513. The van der Waals surface area contributed by atoms with Crippen LogP contribution in [0.2, 0.25) is 0 Å². The van der Waals surface area contributed by atoms with Crippen LogP contribution in [0, 0.1) is 5.92 Å². The summed E-state index contributed by atoms with van der Waals surface area (Å²) in [4.78, 5) is 6.79. The fraction of sp³-hybridized carbons (Fsp3) is 0.769. The summed E-state index contributed by atoms with van der Waals surface area (Å²) in [6.45, 7) is 5.47. The van der Waals surface area contributed by atoms with Crippen molar-refractivity contribution in [2.75, 3.05) is 27.2 Å². The van der Waals surface area contributed by atoms with Crippen molar-refractivity contribution in [1.29, 1.82) is 0 Å². The van der Waals surface area contributed by atoms with Crippen LogP contribution in [0.4, 0.5) is 0 Å². The molecule has 17 heavy (non-hydrogen) atoms. The zero-order chi connectivity index (χ0) is 12.3. The molecule has 4 nitrogen and oxygen atoms in total. The Morgan fingerprint density at radius 3 is 3.06 bits per heavy atom. The van der Waals surface area contributed by atoms with Gasteiger partial charge in [-0.05, 0) is 52.9 Å². The number of aromatic nitrogens is 2. The molecule has 1 aliphatic heterocycles. The van der Waals surface area contributed by atoms with Gasteiger partial charge in [-0.2, -0.15) is 0 Å². The number of likely N-dealkylation sites (tertiary alicyclic amines) is 1. The van der Waals surface area contributed by atoms with E-state index in [1.807, 2.05) is 19.6 Å². The van der Waals surface area contributed by atoms with Gasteiger partial charge in [-0.25, -0.2) is 4.98 Å². The molecule has 0 radical (unpaired) electrons. The van der Waals surface area contributed by atoms with E-state index < -0.39 is 0 Å². The monoisotopic (exact) mass is 236 g/mol. The van der Waals surface area contributed by atoms with Crippen LogP contribution < -0.4 is 5.32 Å². The molecule has 2 heterocycles. The first-order valence-corrected chi connectivity index (χ1v) is 6.62. The molecule has 1 N–H and O–H groups in total. The molecule has 1 aromatic heterocycles. The second kappa shape index (κ2) is 5.65. The molecule has 1 saturated heterocycles. The highest BCUT2D eigenvalue weighted by atomic mass is 15.2. The number of hydrogen-bond donors (Lipinski definition) is 1. The molecule has 2 unspecified atom stereocenters. The second-order valence-corrected chi connectivity index (χ2v) is 4.99. The van der Waals surface area contributed by atoms with E-state index in [0.717, 1.165) is 13.1 Å². The van der Waals surface area contributed by atoms with Crippen molar-refractivity contribution in [1.82, 2.24) is 19.8 Å². The lowest BCUT2D eigenvalue weighted by molar-refractivity contribution is 0.114. The zero-order valence-corrected chi connectivity index (χ0v) is 11.2. The highest BCUT2D eigenvalue weighted by Crippen LogP contribution is 2.34. The van der Waals surface area contributed by atoms with Crippen LogP contribution in [-0.2, 0) is 6.54 Å². The fourth-order valence-corrected chi connectivity index (χ4v) is 3.04. The Morgan fingerprint density at radius 2 is 2.35 bits per heavy atom. The third kappa shape index (κ3) is 2.53. The molecule has 0 aromatic carbocycles. The third-order valence-electron chi connectivity index (χ3n) is 3.86. The number of nitrogens with zero attached hydrogens (tertiary/aromatic N) is 3. The summed E-state index contributed by atoms with van der Waals surface area (Å²) in [5.41, 5.74) is 1.37. The maximum absolute atomic E-state index is 4.31. The summed E-state index contributed by atoms with van der Waals surface area (Å²) in [7, 11) is 4.28. The third-order valence-corrected chi connectivity index (χ3v) is 3.86. The van der Waals surface area contributed by atoms with Gasteiger partial charge in [0.15, 0.2) is 0 Å². The standard InChI is InChI=1S/C13H24N4/c1-4-17-10-15-9-12(17)13-11(8-14-2)6-5-7-16(13)3/h9-11,13-14H,4-8H2,1-3H3. The molecule has 1 aliphatic rings. The van der Waals surface area contributed by atoms with E-state index in [9.17, 15) is 0 Å². The van der Waals surface area contributed by atoms with Crippen LogP contribution in [0.1, 0.15) is 31.5 Å². The molecule has 0 saturated carbocycles. The Hall–Kier alpha value is -0.870. The number of hydrogen-bond acceptors (Lipinski definition) is 3. The minimum absolute atomic E-state index is 0.513. The predicted molar refractivity (Wildman–Crippen MR) is 69.9 cm³/mol. The minimum Gasteiger partial charge on any atom is -0.333 e. The highest BCUT2D eigenvalue weighted by Gasteiger charge is 2.31. The highest BCUT2D eigenvalue weighted by molar-refractivity contribution is 5.09. The SMILES string of the molecule is CCn1cncc1C1C(CNC)CCCN1C. The Morgan fingerprint density at radius 1 is 1.53 bits per heavy atom. The van der Waals surface area contributed by atoms with E-state index in [1.54, 1.807) is 0 Å². The smallest absolute Gasteiger partial charge is 0.0948 e. The predicted octanol–water partition coefficient (Wildman–Crippen LogP) is 1.51. The molecule has 0 bridgehead atoms. The number of aryl methyl sites for hydroxylation is 1. The molecule has 0 amide bonds. The molecule has 2 rings (SSSR count). The Labute approximate surface area is 104 Å². The molecule has 96 valence electrons. The molecule has 0 spiro atoms. The van der Waals surface area contributed by atoms with Gasteiger partial charge in [-0.1, -0.05) is 0 Å². The number of rotatable bonds is 4. The average Bonchev–Trinajstić information content (AvgIpc) is 2.77. The molecule has 2 atom stereocenters. The van der Waals surface area contributed by atoms with Gasteiger partial charge in [-0.3, -0.25) is 4.90 Å². The van der Waals surface area contributed by atoms with Crippen LogP contribution in [0.3, 0.4) is 0 Å². The van der Waals surface area contributed by atoms with Crippen molar-refractivity contribution >= 4 is 0 Å². The van der Waals surface area contributed by atoms with Crippen molar-refractivity contribution in [3.8, 4) is 0 Å². The largest absolute Gasteiger partial charge is 0.333 e. The summed E-state index contributed by atoms with van der Waals surface area (Å²) < 4.78 is 2.27. The van der Waals surface area contributed by atoms with Crippen LogP contribution >= 0.6 is 0 Å². The normalized spacial score (nSPS) is 26.3. The summed E-state index contributed by atoms with van der Waals surface area (Å²) in [5.74, 6) is 0.695. The van der Waals surface area contributed by atoms with Crippen molar-refractivity contribution < 1.29 is 0 Å². The van der Waals surface area contributed by atoms with Crippen molar-refractivity contribution in [3.05, 3.63) is 18.2 Å². The maximum atomic E-state index is 4.31. The van der Waals surface area contributed by atoms with E-state index >= 15 is 0 Å². The van der Waals surface area contributed by atoms with Crippen molar-refractivity contribution in [2.24, 2.45) is 5.92 Å². The number of piperidine rings is 1. The van der Waals surface area contributed by atoms with Gasteiger partial charge in [-0.15, -0.1) is 0 Å². The first-order chi connectivity index (χ1) is 8.27. The van der Waals surface area contributed by atoms with Crippen LogP contribution in [0.15, 0.2) is 12.5 Å². The molecule has 1 aromatic rings. The summed E-state index contributed by atoms with van der Waals surface area (Å²) >= 11 is 0. The lowest BCUT2D eigenvalue weighted by Crippen LogP contribution is -2.40. The van der Waals surface area contributed by atoms with E-state index in [-0.39, 0.29) is 0 Å². The summed E-state index contributed by atoms with van der Waals surface area (Å²) in [6.07, 6.45) is 6.61. The second-order valence-electron chi connectivity index (χ2n) is 4.99. The van der Waals surface area contributed by atoms with Gasteiger partial charge in [0.2, 0.25) is 0 Å². The number of nitrogens with one attached hydrogen (secondary N) is 1. The van der Waals surface area contributed by atoms with Gasteiger partial charge < -0.3 is 9.88 Å². The van der Waals surface area contributed by atoms with Gasteiger partial charge in [0.25, 0.3) is 0 Å². The van der Waals surface area contributed by atoms with Crippen LogP contribution in [0.5, 0.6) is 0 Å². The molecular formula is C13H24N4.